The van der Waals surface area contributed by atoms with Crippen LogP contribution in [0.1, 0.15) is 47.4 Å². The predicted molar refractivity (Wildman–Crippen MR) is 93.2 cm³/mol. The molecule has 2 rings (SSSR count). The van der Waals surface area contributed by atoms with Crippen LogP contribution in [0.2, 0.25) is 0 Å². The number of amides is 1. The van der Waals surface area contributed by atoms with Gasteiger partial charge in [-0.05, 0) is 42.1 Å². The van der Waals surface area contributed by atoms with E-state index < -0.39 is 5.91 Å². The summed E-state index contributed by atoms with van der Waals surface area (Å²) in [5.74, 6) is 0.289. The van der Waals surface area contributed by atoms with Gasteiger partial charge in [0, 0.05) is 24.9 Å². The third-order valence-corrected chi connectivity index (χ3v) is 3.75. The number of aromatic nitrogens is 1. The number of primary amides is 1. The minimum Gasteiger partial charge on any atom is -0.366 e. The molecule has 1 heterocycles. The Hall–Kier alpha value is -2.20. The number of hydrogen-bond donors (Lipinski definition) is 2. The molecule has 3 N–H and O–H groups in total. The second-order valence-corrected chi connectivity index (χ2v) is 6.26. The van der Waals surface area contributed by atoms with Crippen molar-refractivity contribution in [2.75, 3.05) is 6.54 Å². The number of nitrogens with zero attached hydrogens (tertiary/aromatic N) is 1. The van der Waals surface area contributed by atoms with Crippen molar-refractivity contribution >= 4 is 5.91 Å². The average molecular weight is 311 g/mol. The van der Waals surface area contributed by atoms with E-state index in [2.05, 4.69) is 48.4 Å². The van der Waals surface area contributed by atoms with Gasteiger partial charge in [0.25, 0.3) is 0 Å². The van der Waals surface area contributed by atoms with E-state index in [9.17, 15) is 4.79 Å². The average Bonchev–Trinajstić information content (AvgIpc) is 2.53. The fourth-order valence-electron chi connectivity index (χ4n) is 2.28. The van der Waals surface area contributed by atoms with Gasteiger partial charge in [-0.1, -0.05) is 38.1 Å². The van der Waals surface area contributed by atoms with Crippen LogP contribution in [-0.2, 0) is 13.0 Å². The van der Waals surface area contributed by atoms with E-state index in [4.69, 9.17) is 5.73 Å². The van der Waals surface area contributed by atoms with E-state index in [1.807, 2.05) is 6.07 Å². The summed E-state index contributed by atoms with van der Waals surface area (Å²) in [6.07, 6.45) is 3.48. The van der Waals surface area contributed by atoms with Crippen LogP contribution in [0.3, 0.4) is 0 Å². The first-order valence-electron chi connectivity index (χ1n) is 8.08. The third kappa shape index (κ3) is 5.83. The number of carbonyl (C=O) groups excluding carboxylic acids is 1. The zero-order valence-corrected chi connectivity index (χ0v) is 13.9. The second kappa shape index (κ2) is 8.44. The minimum atomic E-state index is -0.446. The molecule has 2 aromatic rings. The summed E-state index contributed by atoms with van der Waals surface area (Å²) in [6, 6.07) is 12.1. The number of rotatable bonds is 8. The molecule has 0 saturated heterocycles. The molecule has 23 heavy (non-hydrogen) atoms. The van der Waals surface area contributed by atoms with Crippen LogP contribution in [0, 0.1) is 5.92 Å². The summed E-state index contributed by atoms with van der Waals surface area (Å²) >= 11 is 0. The van der Waals surface area contributed by atoms with Gasteiger partial charge in [-0.2, -0.15) is 0 Å². The van der Waals surface area contributed by atoms with E-state index in [-0.39, 0.29) is 0 Å². The van der Waals surface area contributed by atoms with Crippen LogP contribution in [-0.4, -0.2) is 17.4 Å². The lowest BCUT2D eigenvalue weighted by molar-refractivity contribution is 0.1000. The van der Waals surface area contributed by atoms with Gasteiger partial charge in [-0.15, -0.1) is 0 Å². The Labute approximate surface area is 138 Å². The monoisotopic (exact) mass is 311 g/mol. The summed E-state index contributed by atoms with van der Waals surface area (Å²) in [7, 11) is 0. The standard InChI is InChI=1S/C19H25N3O/c1-14(2)9-10-21-12-16-5-3-15(4-6-16)11-18-8-7-17(13-22-18)19(20)23/h3-8,13-14,21H,9-12H2,1-2H3,(H2,20,23). The molecule has 0 radical (unpaired) electrons. The predicted octanol–water partition coefficient (Wildman–Crippen LogP) is 2.91. The first kappa shape index (κ1) is 17.2. The van der Waals surface area contributed by atoms with Gasteiger partial charge in [0.15, 0.2) is 0 Å². The normalized spacial score (nSPS) is 10.9. The molecule has 0 unspecified atom stereocenters. The summed E-state index contributed by atoms with van der Waals surface area (Å²) in [4.78, 5) is 15.3. The first-order chi connectivity index (χ1) is 11.0. The highest BCUT2D eigenvalue weighted by atomic mass is 16.1. The molecule has 0 saturated carbocycles. The number of pyridine rings is 1. The number of benzene rings is 1. The lowest BCUT2D eigenvalue weighted by Gasteiger charge is -2.08. The Bertz CT molecular complexity index is 618. The van der Waals surface area contributed by atoms with Crippen molar-refractivity contribution in [3.05, 3.63) is 65.0 Å². The van der Waals surface area contributed by atoms with Crippen molar-refractivity contribution < 1.29 is 4.79 Å². The van der Waals surface area contributed by atoms with E-state index in [0.717, 1.165) is 31.1 Å². The number of carbonyl (C=O) groups is 1. The van der Waals surface area contributed by atoms with E-state index in [1.54, 1.807) is 6.07 Å². The molecule has 0 fully saturated rings. The highest BCUT2D eigenvalue weighted by Crippen LogP contribution is 2.10. The molecule has 0 aliphatic heterocycles. The summed E-state index contributed by atoms with van der Waals surface area (Å²) < 4.78 is 0. The van der Waals surface area contributed by atoms with Crippen molar-refractivity contribution in [2.45, 2.75) is 33.2 Å². The second-order valence-electron chi connectivity index (χ2n) is 6.26. The van der Waals surface area contributed by atoms with Crippen LogP contribution >= 0.6 is 0 Å². The molecule has 4 heteroatoms. The largest absolute Gasteiger partial charge is 0.366 e. The molecular weight excluding hydrogens is 286 g/mol. The molecule has 0 aliphatic rings. The van der Waals surface area contributed by atoms with E-state index >= 15 is 0 Å². The molecule has 0 aliphatic carbocycles. The maximum atomic E-state index is 11.0. The van der Waals surface area contributed by atoms with Gasteiger partial charge in [0.1, 0.15) is 0 Å². The molecule has 0 bridgehead atoms. The van der Waals surface area contributed by atoms with Gasteiger partial charge in [0.05, 0.1) is 5.56 Å². The lowest BCUT2D eigenvalue weighted by atomic mass is 10.1. The number of hydrogen-bond acceptors (Lipinski definition) is 3. The van der Waals surface area contributed by atoms with Crippen LogP contribution < -0.4 is 11.1 Å². The Morgan fingerprint density at radius 1 is 1.13 bits per heavy atom. The van der Waals surface area contributed by atoms with Crippen LogP contribution in [0.15, 0.2) is 42.6 Å². The van der Waals surface area contributed by atoms with E-state index in [1.165, 1.54) is 23.7 Å². The smallest absolute Gasteiger partial charge is 0.250 e. The van der Waals surface area contributed by atoms with Crippen molar-refractivity contribution in [3.8, 4) is 0 Å². The molecule has 1 aromatic carbocycles. The van der Waals surface area contributed by atoms with Crippen molar-refractivity contribution in [1.29, 1.82) is 0 Å². The van der Waals surface area contributed by atoms with Crippen molar-refractivity contribution in [1.82, 2.24) is 10.3 Å². The van der Waals surface area contributed by atoms with Crippen molar-refractivity contribution in [2.24, 2.45) is 11.7 Å². The fourth-order valence-corrected chi connectivity index (χ4v) is 2.28. The Morgan fingerprint density at radius 3 is 2.39 bits per heavy atom. The molecule has 1 amide bonds. The number of nitrogens with one attached hydrogen (secondary N) is 1. The topological polar surface area (TPSA) is 68.0 Å². The fraction of sp³-hybridized carbons (Fsp3) is 0.368. The maximum Gasteiger partial charge on any atom is 0.250 e. The van der Waals surface area contributed by atoms with Crippen LogP contribution in [0.4, 0.5) is 0 Å². The van der Waals surface area contributed by atoms with Crippen LogP contribution in [0.5, 0.6) is 0 Å². The molecule has 4 nitrogen and oxygen atoms in total. The van der Waals surface area contributed by atoms with Gasteiger partial charge in [-0.3, -0.25) is 9.78 Å². The summed E-state index contributed by atoms with van der Waals surface area (Å²) in [6.45, 7) is 6.43. The molecule has 1 aromatic heterocycles. The zero-order valence-electron chi connectivity index (χ0n) is 13.9. The first-order valence-corrected chi connectivity index (χ1v) is 8.08. The molecular formula is C19H25N3O. The highest BCUT2D eigenvalue weighted by molar-refractivity contribution is 5.92. The van der Waals surface area contributed by atoms with Gasteiger partial charge in [-0.25, -0.2) is 0 Å². The highest BCUT2D eigenvalue weighted by Gasteiger charge is 2.02. The lowest BCUT2D eigenvalue weighted by Crippen LogP contribution is -2.16. The molecule has 0 spiro atoms. The Balaban J connectivity index is 1.85. The van der Waals surface area contributed by atoms with Gasteiger partial charge in [0.2, 0.25) is 5.91 Å². The number of nitrogens with two attached hydrogens (primary N) is 1. The zero-order chi connectivity index (χ0) is 16.7. The maximum absolute atomic E-state index is 11.0. The van der Waals surface area contributed by atoms with Crippen molar-refractivity contribution in [3.63, 3.8) is 0 Å². The molecule has 122 valence electrons. The third-order valence-electron chi connectivity index (χ3n) is 3.75. The van der Waals surface area contributed by atoms with E-state index in [0.29, 0.717) is 5.56 Å². The van der Waals surface area contributed by atoms with Crippen LogP contribution in [0.25, 0.3) is 0 Å². The van der Waals surface area contributed by atoms with Gasteiger partial charge >= 0.3 is 0 Å². The summed E-state index contributed by atoms with van der Waals surface area (Å²) in [5.41, 5.74) is 9.07. The Morgan fingerprint density at radius 2 is 1.83 bits per heavy atom. The summed E-state index contributed by atoms with van der Waals surface area (Å²) in [5, 5.41) is 3.46. The molecule has 0 atom stereocenters. The quantitative estimate of drug-likeness (QED) is 0.737. The van der Waals surface area contributed by atoms with Gasteiger partial charge < -0.3 is 11.1 Å². The Kier molecular flexibility index (Phi) is 6.29. The minimum absolute atomic E-state index is 0.441. The SMILES string of the molecule is CC(C)CCNCc1ccc(Cc2ccc(C(N)=O)cn2)cc1.